The second-order valence-corrected chi connectivity index (χ2v) is 6.49. The van der Waals surface area contributed by atoms with Gasteiger partial charge in [0.2, 0.25) is 0 Å². The molecule has 1 fully saturated rings. The Morgan fingerprint density at radius 3 is 2.94 bits per heavy atom. The van der Waals surface area contributed by atoms with Crippen molar-refractivity contribution in [2.75, 3.05) is 5.75 Å². The van der Waals surface area contributed by atoms with Crippen molar-refractivity contribution >= 4 is 34.4 Å². The zero-order valence-corrected chi connectivity index (χ0v) is 11.9. The van der Waals surface area contributed by atoms with Gasteiger partial charge >= 0.3 is 0 Å². The lowest BCUT2D eigenvalue weighted by molar-refractivity contribution is 0.391. The minimum absolute atomic E-state index is 0.840. The molecule has 3 rings (SSSR count). The average Bonchev–Trinajstić information content (AvgIpc) is 2.84. The molecule has 0 radical (unpaired) electrons. The first-order chi connectivity index (χ1) is 8.83. The molecular formula is C14H17ClN2S. The highest BCUT2D eigenvalue weighted by Crippen LogP contribution is 2.34. The van der Waals surface area contributed by atoms with Gasteiger partial charge in [-0.25, -0.2) is 4.98 Å². The smallest absolute Gasteiger partial charge is 0.0931 e. The van der Waals surface area contributed by atoms with Gasteiger partial charge in [-0.15, -0.1) is 11.8 Å². The molecule has 1 aliphatic carbocycles. The van der Waals surface area contributed by atoms with E-state index >= 15 is 0 Å². The molecule has 2 aromatic rings. The lowest BCUT2D eigenvalue weighted by Gasteiger charge is -2.21. The number of H-pyrrole nitrogens is 1. The van der Waals surface area contributed by atoms with Crippen LogP contribution in [-0.4, -0.2) is 15.7 Å². The van der Waals surface area contributed by atoms with E-state index in [1.807, 2.05) is 17.8 Å². The number of thioether (sulfide) groups is 1. The topological polar surface area (TPSA) is 28.7 Å². The van der Waals surface area contributed by atoms with Crippen molar-refractivity contribution in [2.45, 2.75) is 37.0 Å². The second kappa shape index (κ2) is 5.54. The van der Waals surface area contributed by atoms with Crippen LogP contribution in [0.5, 0.6) is 0 Å². The van der Waals surface area contributed by atoms with Gasteiger partial charge in [-0.3, -0.25) is 0 Å². The molecular weight excluding hydrogens is 264 g/mol. The maximum Gasteiger partial charge on any atom is 0.0931 e. The molecule has 0 atom stereocenters. The zero-order valence-electron chi connectivity index (χ0n) is 10.3. The minimum Gasteiger partial charge on any atom is -0.345 e. The van der Waals surface area contributed by atoms with E-state index in [4.69, 9.17) is 11.6 Å². The normalized spacial score (nSPS) is 17.4. The van der Waals surface area contributed by atoms with E-state index in [-0.39, 0.29) is 0 Å². The summed E-state index contributed by atoms with van der Waals surface area (Å²) < 4.78 is 0. The van der Waals surface area contributed by atoms with Crippen LogP contribution in [0.3, 0.4) is 0 Å². The predicted molar refractivity (Wildman–Crippen MR) is 78.4 cm³/mol. The molecule has 1 heterocycles. The summed E-state index contributed by atoms with van der Waals surface area (Å²) in [7, 11) is 0. The van der Waals surface area contributed by atoms with Gasteiger partial charge < -0.3 is 4.98 Å². The lowest BCUT2D eigenvalue weighted by atomic mass is 9.91. The molecule has 1 aliphatic rings. The van der Waals surface area contributed by atoms with Crippen LogP contribution in [0.1, 0.15) is 32.1 Å². The fourth-order valence-corrected chi connectivity index (χ4v) is 4.08. The summed E-state index contributed by atoms with van der Waals surface area (Å²) in [5.74, 6) is 2.06. The van der Waals surface area contributed by atoms with Gasteiger partial charge in [0.15, 0.2) is 0 Å². The molecule has 4 heteroatoms. The van der Waals surface area contributed by atoms with Crippen LogP contribution >= 0.6 is 23.4 Å². The SMILES string of the molecule is Clc1cc2[nH]cnc2cc1SCC1CCCCC1. The molecule has 0 bridgehead atoms. The number of aromatic nitrogens is 2. The Morgan fingerprint density at radius 2 is 2.11 bits per heavy atom. The highest BCUT2D eigenvalue weighted by molar-refractivity contribution is 7.99. The van der Waals surface area contributed by atoms with Crippen molar-refractivity contribution < 1.29 is 0 Å². The third kappa shape index (κ3) is 2.67. The zero-order chi connectivity index (χ0) is 12.4. The Kier molecular flexibility index (Phi) is 3.80. The molecule has 1 aromatic heterocycles. The molecule has 18 heavy (non-hydrogen) atoms. The van der Waals surface area contributed by atoms with Gasteiger partial charge in [-0.2, -0.15) is 0 Å². The van der Waals surface area contributed by atoms with E-state index < -0.39 is 0 Å². The number of imidazole rings is 1. The van der Waals surface area contributed by atoms with E-state index in [2.05, 4.69) is 16.0 Å². The first kappa shape index (κ1) is 12.4. The number of hydrogen-bond donors (Lipinski definition) is 1. The van der Waals surface area contributed by atoms with Gasteiger partial charge in [0.1, 0.15) is 0 Å². The first-order valence-corrected chi connectivity index (χ1v) is 7.95. The summed E-state index contributed by atoms with van der Waals surface area (Å²) in [4.78, 5) is 8.54. The number of nitrogens with zero attached hydrogens (tertiary/aromatic N) is 1. The fourth-order valence-electron chi connectivity index (χ4n) is 2.61. The van der Waals surface area contributed by atoms with Crippen LogP contribution in [-0.2, 0) is 0 Å². The molecule has 0 unspecified atom stereocenters. The molecule has 1 aromatic carbocycles. The molecule has 96 valence electrons. The van der Waals surface area contributed by atoms with Crippen molar-refractivity contribution in [2.24, 2.45) is 5.92 Å². The summed E-state index contributed by atoms with van der Waals surface area (Å²) >= 11 is 8.20. The number of halogens is 1. The standard InChI is InChI=1S/C14H17ClN2S/c15-11-6-12-13(17-9-16-12)7-14(11)18-8-10-4-2-1-3-5-10/h6-7,9-10H,1-5,8H2,(H,16,17). The van der Waals surface area contributed by atoms with Crippen LogP contribution in [0.4, 0.5) is 0 Å². The summed E-state index contributed by atoms with van der Waals surface area (Å²) in [6, 6.07) is 4.08. The molecule has 1 N–H and O–H groups in total. The minimum atomic E-state index is 0.840. The average molecular weight is 281 g/mol. The number of hydrogen-bond acceptors (Lipinski definition) is 2. The monoisotopic (exact) mass is 280 g/mol. The molecule has 0 aliphatic heterocycles. The quantitative estimate of drug-likeness (QED) is 0.811. The van der Waals surface area contributed by atoms with Crippen LogP contribution in [0, 0.1) is 5.92 Å². The highest BCUT2D eigenvalue weighted by Gasteiger charge is 2.14. The second-order valence-electron chi connectivity index (χ2n) is 5.02. The lowest BCUT2D eigenvalue weighted by Crippen LogP contribution is -2.08. The van der Waals surface area contributed by atoms with E-state index in [1.54, 1.807) is 6.33 Å². The Hall–Kier alpha value is -0.670. The summed E-state index contributed by atoms with van der Waals surface area (Å²) in [5.41, 5.74) is 2.02. The van der Waals surface area contributed by atoms with E-state index in [9.17, 15) is 0 Å². The van der Waals surface area contributed by atoms with Crippen LogP contribution in [0.15, 0.2) is 23.4 Å². The summed E-state index contributed by atoms with van der Waals surface area (Å²) in [6.07, 6.45) is 8.71. The van der Waals surface area contributed by atoms with Gasteiger partial charge in [-0.05, 0) is 30.9 Å². The number of rotatable bonds is 3. The number of nitrogens with one attached hydrogen (secondary N) is 1. The number of aromatic amines is 1. The van der Waals surface area contributed by atoms with Crippen molar-refractivity contribution in [1.82, 2.24) is 9.97 Å². The van der Waals surface area contributed by atoms with Gasteiger partial charge in [0.25, 0.3) is 0 Å². The number of benzene rings is 1. The van der Waals surface area contributed by atoms with Crippen molar-refractivity contribution in [3.8, 4) is 0 Å². The van der Waals surface area contributed by atoms with Crippen LogP contribution in [0.25, 0.3) is 11.0 Å². The molecule has 0 amide bonds. The molecule has 2 nitrogen and oxygen atoms in total. The van der Waals surface area contributed by atoms with Crippen molar-refractivity contribution in [3.63, 3.8) is 0 Å². The summed E-state index contributed by atoms with van der Waals surface area (Å²) in [6.45, 7) is 0. The van der Waals surface area contributed by atoms with E-state index in [0.29, 0.717) is 0 Å². The van der Waals surface area contributed by atoms with Crippen molar-refractivity contribution in [3.05, 3.63) is 23.5 Å². The molecule has 0 saturated heterocycles. The molecule has 0 spiro atoms. The van der Waals surface area contributed by atoms with Crippen LogP contribution < -0.4 is 0 Å². The first-order valence-electron chi connectivity index (χ1n) is 6.58. The Bertz CT molecular complexity index is 532. The Morgan fingerprint density at radius 1 is 1.28 bits per heavy atom. The maximum absolute atomic E-state index is 6.31. The molecule has 1 saturated carbocycles. The maximum atomic E-state index is 6.31. The fraction of sp³-hybridized carbons (Fsp3) is 0.500. The number of fused-ring (bicyclic) bond motifs is 1. The Balaban J connectivity index is 1.71. The van der Waals surface area contributed by atoms with Crippen LogP contribution in [0.2, 0.25) is 5.02 Å². The van der Waals surface area contributed by atoms with Gasteiger partial charge in [-0.1, -0.05) is 30.9 Å². The Labute approximate surface area is 117 Å². The summed E-state index contributed by atoms with van der Waals surface area (Å²) in [5, 5.41) is 0.840. The largest absolute Gasteiger partial charge is 0.345 e. The van der Waals surface area contributed by atoms with Crippen molar-refractivity contribution in [1.29, 1.82) is 0 Å². The third-order valence-electron chi connectivity index (χ3n) is 3.67. The van der Waals surface area contributed by atoms with E-state index in [0.717, 1.165) is 22.0 Å². The predicted octanol–water partition coefficient (Wildman–Crippen LogP) is 4.89. The van der Waals surface area contributed by atoms with Gasteiger partial charge in [0, 0.05) is 10.6 Å². The highest BCUT2D eigenvalue weighted by atomic mass is 35.5. The third-order valence-corrected chi connectivity index (χ3v) is 5.38. The van der Waals surface area contributed by atoms with E-state index in [1.165, 1.54) is 42.8 Å². The van der Waals surface area contributed by atoms with Gasteiger partial charge in [0.05, 0.1) is 22.4 Å².